The normalized spacial score (nSPS) is 20.6. The summed E-state index contributed by atoms with van der Waals surface area (Å²) in [5, 5.41) is 9.26. The highest BCUT2D eigenvalue weighted by Crippen LogP contribution is 2.37. The molecule has 2 amide bonds. The van der Waals surface area contributed by atoms with Gasteiger partial charge in [-0.05, 0) is 25.7 Å². The van der Waals surface area contributed by atoms with Gasteiger partial charge in [0.1, 0.15) is 0 Å². The molecular formula is C16H26N2O3. The van der Waals surface area contributed by atoms with Gasteiger partial charge in [0.15, 0.2) is 0 Å². The molecule has 118 valence electrons. The van der Waals surface area contributed by atoms with Crippen molar-refractivity contribution < 1.29 is 14.7 Å². The van der Waals surface area contributed by atoms with Gasteiger partial charge in [-0.2, -0.15) is 0 Å². The molecule has 0 heterocycles. The molecule has 0 aromatic rings. The van der Waals surface area contributed by atoms with Gasteiger partial charge in [-0.1, -0.05) is 25.3 Å². The molecule has 0 atom stereocenters. The molecule has 0 unspecified atom stereocenters. The van der Waals surface area contributed by atoms with Gasteiger partial charge in [-0.15, -0.1) is 6.58 Å². The number of hydrogen-bond acceptors (Lipinski definition) is 2. The van der Waals surface area contributed by atoms with Crippen molar-refractivity contribution in [3.05, 3.63) is 12.7 Å². The third kappa shape index (κ3) is 3.57. The van der Waals surface area contributed by atoms with E-state index in [4.69, 9.17) is 0 Å². The van der Waals surface area contributed by atoms with Crippen LogP contribution in [-0.2, 0) is 4.79 Å². The minimum absolute atomic E-state index is 0.0412. The summed E-state index contributed by atoms with van der Waals surface area (Å²) in [4.78, 5) is 27.6. The Morgan fingerprint density at radius 2 is 1.90 bits per heavy atom. The average molecular weight is 294 g/mol. The van der Waals surface area contributed by atoms with Crippen molar-refractivity contribution in [3.8, 4) is 0 Å². The minimum Gasteiger partial charge on any atom is -0.481 e. The molecule has 2 saturated carbocycles. The van der Waals surface area contributed by atoms with E-state index >= 15 is 0 Å². The highest BCUT2D eigenvalue weighted by Gasteiger charge is 2.43. The number of hydrogen-bond donors (Lipinski definition) is 1. The van der Waals surface area contributed by atoms with E-state index in [-0.39, 0.29) is 12.5 Å². The quantitative estimate of drug-likeness (QED) is 0.766. The summed E-state index contributed by atoms with van der Waals surface area (Å²) in [7, 11) is 1.77. The predicted octanol–water partition coefficient (Wildman–Crippen LogP) is 2.87. The third-order valence-corrected chi connectivity index (χ3v) is 4.82. The number of amides is 2. The van der Waals surface area contributed by atoms with Gasteiger partial charge in [0.25, 0.3) is 0 Å². The topological polar surface area (TPSA) is 60.9 Å². The van der Waals surface area contributed by atoms with Gasteiger partial charge in [-0.3, -0.25) is 4.79 Å². The van der Waals surface area contributed by atoms with Crippen molar-refractivity contribution >= 4 is 12.0 Å². The first kappa shape index (κ1) is 15.9. The maximum atomic E-state index is 12.8. The Bertz CT molecular complexity index is 412. The molecule has 0 aliphatic heterocycles. The maximum Gasteiger partial charge on any atom is 0.320 e. The number of carboxylic acids is 1. The molecule has 0 spiro atoms. The molecule has 1 N–H and O–H groups in total. The van der Waals surface area contributed by atoms with E-state index in [2.05, 4.69) is 6.58 Å². The molecule has 5 nitrogen and oxygen atoms in total. The summed E-state index contributed by atoms with van der Waals surface area (Å²) >= 11 is 0. The Morgan fingerprint density at radius 3 is 2.38 bits per heavy atom. The Labute approximate surface area is 126 Å². The fraction of sp³-hybridized carbons (Fsp3) is 0.750. The summed E-state index contributed by atoms with van der Waals surface area (Å²) < 4.78 is 0. The van der Waals surface area contributed by atoms with Gasteiger partial charge >= 0.3 is 12.0 Å². The van der Waals surface area contributed by atoms with Crippen LogP contribution in [0.4, 0.5) is 4.79 Å². The van der Waals surface area contributed by atoms with Crippen molar-refractivity contribution in [1.29, 1.82) is 0 Å². The average Bonchev–Trinajstić information content (AvgIpc) is 3.28. The largest absolute Gasteiger partial charge is 0.481 e. The standard InChI is InChI=1S/C16H26N2O3/c1-3-11-18(13-7-8-13)15(21)17(2)16(12-14(19)20)9-5-4-6-10-16/h3,13H,1,4-12H2,2H3,(H,19,20). The van der Waals surface area contributed by atoms with Crippen molar-refractivity contribution in [2.75, 3.05) is 13.6 Å². The zero-order valence-electron chi connectivity index (χ0n) is 12.9. The summed E-state index contributed by atoms with van der Waals surface area (Å²) in [6.07, 6.45) is 8.56. The lowest BCUT2D eigenvalue weighted by Gasteiger charge is -2.45. The summed E-state index contributed by atoms with van der Waals surface area (Å²) in [6, 6.07) is 0.268. The second-order valence-corrected chi connectivity index (χ2v) is 6.37. The van der Waals surface area contributed by atoms with Crippen molar-refractivity contribution in [3.63, 3.8) is 0 Å². The van der Waals surface area contributed by atoms with Crippen molar-refractivity contribution in [1.82, 2.24) is 9.80 Å². The highest BCUT2D eigenvalue weighted by molar-refractivity contribution is 5.77. The molecule has 0 aromatic carbocycles. The number of aliphatic carboxylic acids is 1. The van der Waals surface area contributed by atoms with Crippen molar-refractivity contribution in [2.24, 2.45) is 0 Å². The number of urea groups is 1. The lowest BCUT2D eigenvalue weighted by atomic mass is 9.78. The molecule has 2 aliphatic rings. The SMILES string of the molecule is C=CCN(C(=O)N(C)C1(CC(=O)O)CCCCC1)C1CC1. The van der Waals surface area contributed by atoms with E-state index in [1.165, 1.54) is 0 Å². The molecular weight excluding hydrogens is 268 g/mol. The number of carbonyl (C=O) groups excluding carboxylic acids is 1. The third-order valence-electron chi connectivity index (χ3n) is 4.82. The van der Waals surface area contributed by atoms with Gasteiger partial charge in [0.2, 0.25) is 0 Å². The molecule has 0 bridgehead atoms. The van der Waals surface area contributed by atoms with E-state index in [0.29, 0.717) is 12.6 Å². The van der Waals surface area contributed by atoms with Gasteiger partial charge in [0, 0.05) is 19.6 Å². The zero-order valence-corrected chi connectivity index (χ0v) is 12.9. The molecule has 21 heavy (non-hydrogen) atoms. The Hall–Kier alpha value is -1.52. The van der Waals surface area contributed by atoms with Crippen LogP contribution in [0.3, 0.4) is 0 Å². The second kappa shape index (κ2) is 6.50. The van der Waals surface area contributed by atoms with E-state index < -0.39 is 11.5 Å². The van der Waals surface area contributed by atoms with E-state index in [1.807, 2.05) is 4.90 Å². The smallest absolute Gasteiger partial charge is 0.320 e. The van der Waals surface area contributed by atoms with Crippen LogP contribution in [0.2, 0.25) is 0 Å². The molecule has 5 heteroatoms. The number of carbonyl (C=O) groups is 2. The lowest BCUT2D eigenvalue weighted by Crippen LogP contribution is -2.56. The Morgan fingerprint density at radius 1 is 1.29 bits per heavy atom. The zero-order chi connectivity index (χ0) is 15.5. The van der Waals surface area contributed by atoms with Gasteiger partial charge in [0.05, 0.1) is 12.0 Å². The van der Waals surface area contributed by atoms with Crippen LogP contribution in [0.25, 0.3) is 0 Å². The highest BCUT2D eigenvalue weighted by atomic mass is 16.4. The van der Waals surface area contributed by atoms with E-state index in [0.717, 1.165) is 44.9 Å². The van der Waals surface area contributed by atoms with Crippen molar-refractivity contribution in [2.45, 2.75) is 62.9 Å². The fourth-order valence-electron chi connectivity index (χ4n) is 3.43. The Balaban J connectivity index is 2.15. The first-order valence-corrected chi connectivity index (χ1v) is 7.87. The first-order valence-electron chi connectivity index (χ1n) is 7.87. The first-order chi connectivity index (χ1) is 10.00. The summed E-state index contributed by atoms with van der Waals surface area (Å²) in [5.74, 6) is -0.821. The van der Waals surface area contributed by atoms with Crippen LogP contribution < -0.4 is 0 Å². The molecule has 0 saturated heterocycles. The summed E-state index contributed by atoms with van der Waals surface area (Å²) in [5.41, 5.74) is -0.518. The monoisotopic (exact) mass is 294 g/mol. The van der Waals surface area contributed by atoms with Gasteiger partial charge in [-0.25, -0.2) is 4.79 Å². The van der Waals surface area contributed by atoms with Crippen LogP contribution in [0, 0.1) is 0 Å². The maximum absolute atomic E-state index is 12.8. The molecule has 0 aromatic heterocycles. The fourth-order valence-corrected chi connectivity index (χ4v) is 3.43. The number of carboxylic acid groups (broad SMARTS) is 1. The van der Waals surface area contributed by atoms with Gasteiger partial charge < -0.3 is 14.9 Å². The second-order valence-electron chi connectivity index (χ2n) is 6.37. The summed E-state index contributed by atoms with van der Waals surface area (Å²) in [6.45, 7) is 4.26. The molecule has 2 fully saturated rings. The van der Waals surface area contributed by atoms with Crippen LogP contribution in [0.15, 0.2) is 12.7 Å². The van der Waals surface area contributed by atoms with Crippen LogP contribution >= 0.6 is 0 Å². The van der Waals surface area contributed by atoms with Crippen LogP contribution in [0.1, 0.15) is 51.4 Å². The minimum atomic E-state index is -0.821. The predicted molar refractivity (Wildman–Crippen MR) is 81.2 cm³/mol. The lowest BCUT2D eigenvalue weighted by molar-refractivity contribution is -0.140. The molecule has 2 rings (SSSR count). The Kier molecular flexibility index (Phi) is 4.91. The van der Waals surface area contributed by atoms with E-state index in [9.17, 15) is 14.7 Å². The van der Waals surface area contributed by atoms with Crippen LogP contribution in [0.5, 0.6) is 0 Å². The van der Waals surface area contributed by atoms with E-state index in [1.54, 1.807) is 18.0 Å². The molecule has 0 radical (unpaired) electrons. The number of rotatable bonds is 6. The number of nitrogens with zero attached hydrogens (tertiary/aromatic N) is 2. The molecule has 2 aliphatic carbocycles. The van der Waals surface area contributed by atoms with Crippen LogP contribution in [-0.4, -0.2) is 52.1 Å².